The largest absolute Gasteiger partial charge is 0.477 e. The van der Waals surface area contributed by atoms with Gasteiger partial charge in [-0.2, -0.15) is 0 Å². The quantitative estimate of drug-likeness (QED) is 0.569. The first-order chi connectivity index (χ1) is 9.76. The number of hydrogen-bond donors (Lipinski definition) is 0. The van der Waals surface area contributed by atoms with E-state index in [1.165, 1.54) is 12.0 Å². The Labute approximate surface area is 120 Å². The monoisotopic (exact) mass is 280 g/mol. The molecule has 1 heterocycles. The summed E-state index contributed by atoms with van der Waals surface area (Å²) in [6, 6.07) is 0. The van der Waals surface area contributed by atoms with E-state index in [4.69, 9.17) is 9.47 Å². The Bertz CT molecular complexity index is 454. The Morgan fingerprint density at radius 3 is 2.85 bits per heavy atom. The van der Waals surface area contributed by atoms with Crippen molar-refractivity contribution >= 4 is 5.97 Å². The minimum atomic E-state index is -0.211. The molecule has 20 heavy (non-hydrogen) atoms. The van der Waals surface area contributed by atoms with Gasteiger partial charge in [-0.15, -0.1) is 5.10 Å². The van der Waals surface area contributed by atoms with E-state index in [9.17, 15) is 4.79 Å². The molecule has 112 valence electrons. The Morgan fingerprint density at radius 1 is 1.30 bits per heavy atom. The molecule has 0 radical (unpaired) electrons. The third-order valence-corrected chi connectivity index (χ3v) is 3.54. The summed E-state index contributed by atoms with van der Waals surface area (Å²) >= 11 is 0. The lowest BCUT2D eigenvalue weighted by Gasteiger charge is -2.13. The maximum Gasteiger partial charge on any atom is 0.327 e. The minimum Gasteiger partial charge on any atom is -0.477 e. The van der Waals surface area contributed by atoms with E-state index in [1.807, 2.05) is 6.92 Å². The predicted octanol–water partition coefficient (Wildman–Crippen LogP) is 2.50. The summed E-state index contributed by atoms with van der Waals surface area (Å²) in [5, 5.41) is 4.44. The predicted molar refractivity (Wildman–Crippen MR) is 75.9 cm³/mol. The van der Waals surface area contributed by atoms with E-state index in [2.05, 4.69) is 12.0 Å². The SMILES string of the molecule is CCCCOC(=O)Cn1nc(OCC)c2c1CCCC2. The van der Waals surface area contributed by atoms with Crippen LogP contribution in [-0.4, -0.2) is 29.0 Å². The Morgan fingerprint density at radius 2 is 2.10 bits per heavy atom. The summed E-state index contributed by atoms with van der Waals surface area (Å²) in [5.74, 6) is 0.487. The lowest BCUT2D eigenvalue weighted by molar-refractivity contribution is -0.144. The number of nitrogens with zero attached hydrogens (tertiary/aromatic N) is 2. The zero-order valence-electron chi connectivity index (χ0n) is 12.5. The van der Waals surface area contributed by atoms with Gasteiger partial charge in [-0.05, 0) is 39.0 Å². The fourth-order valence-electron chi connectivity index (χ4n) is 2.52. The Kier molecular flexibility index (Phi) is 5.44. The number of hydrogen-bond acceptors (Lipinski definition) is 4. The average Bonchev–Trinajstić information content (AvgIpc) is 2.78. The molecule has 1 aromatic heterocycles. The first kappa shape index (κ1) is 14.9. The second kappa shape index (κ2) is 7.31. The van der Waals surface area contributed by atoms with Gasteiger partial charge in [0.05, 0.1) is 13.2 Å². The van der Waals surface area contributed by atoms with Crippen LogP contribution in [0.4, 0.5) is 0 Å². The van der Waals surface area contributed by atoms with Crippen molar-refractivity contribution in [3.63, 3.8) is 0 Å². The van der Waals surface area contributed by atoms with Gasteiger partial charge in [0.15, 0.2) is 0 Å². The molecule has 0 aromatic carbocycles. The average molecular weight is 280 g/mol. The van der Waals surface area contributed by atoms with Crippen molar-refractivity contribution in [3.05, 3.63) is 11.3 Å². The van der Waals surface area contributed by atoms with Crippen LogP contribution in [0.15, 0.2) is 0 Å². The third kappa shape index (κ3) is 3.52. The van der Waals surface area contributed by atoms with Gasteiger partial charge in [0.2, 0.25) is 5.88 Å². The number of unbranched alkanes of at least 4 members (excludes halogenated alkanes) is 1. The van der Waals surface area contributed by atoms with Crippen LogP contribution < -0.4 is 4.74 Å². The first-order valence-electron chi connectivity index (χ1n) is 7.63. The van der Waals surface area contributed by atoms with E-state index >= 15 is 0 Å². The molecule has 0 atom stereocenters. The van der Waals surface area contributed by atoms with E-state index in [1.54, 1.807) is 4.68 Å². The lowest BCUT2D eigenvalue weighted by Crippen LogP contribution is -2.18. The van der Waals surface area contributed by atoms with Crippen LogP contribution in [0.2, 0.25) is 0 Å². The van der Waals surface area contributed by atoms with Crippen LogP contribution in [0.3, 0.4) is 0 Å². The second-order valence-corrected chi connectivity index (χ2v) is 5.10. The van der Waals surface area contributed by atoms with Crippen LogP contribution >= 0.6 is 0 Å². The molecule has 1 aromatic rings. The van der Waals surface area contributed by atoms with Crippen LogP contribution in [0, 0.1) is 0 Å². The van der Waals surface area contributed by atoms with Crippen LogP contribution in [0.5, 0.6) is 5.88 Å². The molecule has 2 rings (SSSR count). The highest BCUT2D eigenvalue weighted by molar-refractivity contribution is 5.69. The molecule has 0 saturated carbocycles. The lowest BCUT2D eigenvalue weighted by atomic mass is 9.98. The summed E-state index contributed by atoms with van der Waals surface area (Å²) in [4.78, 5) is 11.8. The topological polar surface area (TPSA) is 53.4 Å². The van der Waals surface area contributed by atoms with E-state index < -0.39 is 0 Å². The van der Waals surface area contributed by atoms with Crippen molar-refractivity contribution < 1.29 is 14.3 Å². The smallest absolute Gasteiger partial charge is 0.327 e. The van der Waals surface area contributed by atoms with Gasteiger partial charge < -0.3 is 9.47 Å². The van der Waals surface area contributed by atoms with Gasteiger partial charge in [0, 0.05) is 11.3 Å². The van der Waals surface area contributed by atoms with Crippen LogP contribution in [0.1, 0.15) is 50.8 Å². The highest BCUT2D eigenvalue weighted by Crippen LogP contribution is 2.29. The van der Waals surface area contributed by atoms with E-state index in [0.29, 0.717) is 19.1 Å². The molecule has 0 aliphatic heterocycles. The first-order valence-corrected chi connectivity index (χ1v) is 7.63. The summed E-state index contributed by atoms with van der Waals surface area (Å²) in [6.07, 6.45) is 6.22. The number of carbonyl (C=O) groups excluding carboxylic acids is 1. The molecule has 0 spiro atoms. The normalized spacial score (nSPS) is 13.9. The minimum absolute atomic E-state index is 0.194. The zero-order chi connectivity index (χ0) is 14.4. The highest BCUT2D eigenvalue weighted by atomic mass is 16.5. The summed E-state index contributed by atoms with van der Waals surface area (Å²) < 4.78 is 12.6. The number of aromatic nitrogens is 2. The van der Waals surface area contributed by atoms with Crippen LogP contribution in [-0.2, 0) is 28.9 Å². The molecule has 5 nitrogen and oxygen atoms in total. The van der Waals surface area contributed by atoms with Crippen molar-refractivity contribution in [2.75, 3.05) is 13.2 Å². The maximum absolute atomic E-state index is 11.8. The molecule has 0 unspecified atom stereocenters. The molecule has 5 heteroatoms. The summed E-state index contributed by atoms with van der Waals surface area (Å²) in [5.41, 5.74) is 2.33. The van der Waals surface area contributed by atoms with Crippen LogP contribution in [0.25, 0.3) is 0 Å². The standard InChI is InChI=1S/C15H24N2O3/c1-3-5-10-20-14(18)11-17-13-9-7-6-8-12(13)15(16-17)19-4-2/h3-11H2,1-2H3. The van der Waals surface area contributed by atoms with Gasteiger partial charge in [-0.1, -0.05) is 13.3 Å². The fourth-order valence-corrected chi connectivity index (χ4v) is 2.52. The molecule has 0 fully saturated rings. The number of ether oxygens (including phenoxy) is 2. The molecule has 0 saturated heterocycles. The third-order valence-electron chi connectivity index (χ3n) is 3.54. The van der Waals surface area contributed by atoms with Crippen molar-refractivity contribution in [1.29, 1.82) is 0 Å². The molecule has 0 amide bonds. The van der Waals surface area contributed by atoms with Crippen molar-refractivity contribution in [1.82, 2.24) is 9.78 Å². The molecule has 0 N–H and O–H groups in total. The summed E-state index contributed by atoms with van der Waals surface area (Å²) in [7, 11) is 0. The number of fused-ring (bicyclic) bond motifs is 1. The molecular weight excluding hydrogens is 256 g/mol. The van der Waals surface area contributed by atoms with Crippen molar-refractivity contribution in [3.8, 4) is 5.88 Å². The Hall–Kier alpha value is -1.52. The van der Waals surface area contributed by atoms with Crippen molar-refractivity contribution in [2.45, 2.75) is 58.9 Å². The molecule has 1 aliphatic rings. The van der Waals surface area contributed by atoms with E-state index in [-0.39, 0.29) is 12.5 Å². The zero-order valence-corrected chi connectivity index (χ0v) is 12.5. The van der Waals surface area contributed by atoms with Gasteiger partial charge in [0.25, 0.3) is 0 Å². The van der Waals surface area contributed by atoms with Gasteiger partial charge in [0.1, 0.15) is 6.54 Å². The Balaban J connectivity index is 2.05. The fraction of sp³-hybridized carbons (Fsp3) is 0.733. The van der Waals surface area contributed by atoms with Gasteiger partial charge >= 0.3 is 5.97 Å². The van der Waals surface area contributed by atoms with Gasteiger partial charge in [-0.25, -0.2) is 0 Å². The van der Waals surface area contributed by atoms with Gasteiger partial charge in [-0.3, -0.25) is 9.48 Å². The van der Waals surface area contributed by atoms with E-state index in [0.717, 1.165) is 37.8 Å². The van der Waals surface area contributed by atoms with Crippen molar-refractivity contribution in [2.24, 2.45) is 0 Å². The molecule has 1 aliphatic carbocycles. The second-order valence-electron chi connectivity index (χ2n) is 5.10. The summed E-state index contributed by atoms with van der Waals surface area (Å²) in [6.45, 7) is 5.32. The molecular formula is C15H24N2O3. The maximum atomic E-state index is 11.8. The highest BCUT2D eigenvalue weighted by Gasteiger charge is 2.23. The number of carbonyl (C=O) groups is 1. The number of rotatable bonds is 7. The number of esters is 1. The molecule has 0 bridgehead atoms.